The molecule has 0 spiro atoms. The largest absolute Gasteiger partial charge is 0.492 e. The molecular weight excluding hydrogens is 514 g/mol. The van der Waals surface area contributed by atoms with Crippen molar-refractivity contribution in [1.82, 2.24) is 9.97 Å². The summed E-state index contributed by atoms with van der Waals surface area (Å²) in [5, 5.41) is 0.00431. The molecule has 0 aliphatic heterocycles. The highest BCUT2D eigenvalue weighted by atomic mass is 19.1. The Morgan fingerprint density at radius 3 is 1.46 bits per heavy atom. The van der Waals surface area contributed by atoms with Crippen LogP contribution in [0.15, 0.2) is 34.1 Å². The zero-order valence-electron chi connectivity index (χ0n) is 20.9. The van der Waals surface area contributed by atoms with Crippen LogP contribution in [0.3, 0.4) is 0 Å². The summed E-state index contributed by atoms with van der Waals surface area (Å²) in [6.45, 7) is 0. The Bertz CT molecular complexity index is 1700. The molecule has 6 rings (SSSR count). The average molecular weight is 536 g/mol. The van der Waals surface area contributed by atoms with E-state index in [-0.39, 0.29) is 45.1 Å². The summed E-state index contributed by atoms with van der Waals surface area (Å²) in [4.78, 5) is 57.5. The lowest BCUT2D eigenvalue weighted by atomic mass is 10.0. The standard InChI is InChI=1S/C28H22F2N2O7/c1-37-25-19(29)13(11-3-4-11)7-15-21(25)31-9-17(23(15)33)27(35)39-28(36)18-10-32-22-16(24(18)34)8-14(12-5-6-12)20(30)26(22)38-2/h7-12H,3-6H2,1-2H3,(H,31,33)(H,32,34). The predicted molar refractivity (Wildman–Crippen MR) is 136 cm³/mol. The number of hydrogen-bond acceptors (Lipinski definition) is 7. The van der Waals surface area contributed by atoms with Gasteiger partial charge in [0.05, 0.1) is 36.0 Å². The summed E-state index contributed by atoms with van der Waals surface area (Å²) >= 11 is 0. The van der Waals surface area contributed by atoms with Crippen molar-refractivity contribution in [2.45, 2.75) is 37.5 Å². The lowest BCUT2D eigenvalue weighted by Crippen LogP contribution is -2.25. The van der Waals surface area contributed by atoms with Crippen LogP contribution in [0.1, 0.15) is 69.4 Å². The number of nitrogens with one attached hydrogen (secondary N) is 2. The molecule has 2 N–H and O–H groups in total. The lowest BCUT2D eigenvalue weighted by molar-refractivity contribution is 0.0395. The number of esters is 2. The van der Waals surface area contributed by atoms with Crippen LogP contribution in [0.4, 0.5) is 8.78 Å². The van der Waals surface area contributed by atoms with Crippen molar-refractivity contribution in [3.8, 4) is 11.5 Å². The van der Waals surface area contributed by atoms with Crippen LogP contribution in [-0.4, -0.2) is 36.1 Å². The normalized spacial score (nSPS) is 15.0. The Kier molecular flexibility index (Phi) is 5.74. The van der Waals surface area contributed by atoms with Gasteiger partial charge in [-0.05, 0) is 60.8 Å². The number of carbonyl (C=O) groups is 2. The van der Waals surface area contributed by atoms with E-state index in [1.54, 1.807) is 0 Å². The van der Waals surface area contributed by atoms with Gasteiger partial charge in [0.25, 0.3) is 0 Å². The number of benzene rings is 2. The molecule has 4 aromatic rings. The highest BCUT2D eigenvalue weighted by Gasteiger charge is 2.32. The minimum atomic E-state index is -1.30. The van der Waals surface area contributed by atoms with E-state index in [1.165, 1.54) is 26.4 Å². The predicted octanol–water partition coefficient (Wildman–Crippen LogP) is 4.42. The summed E-state index contributed by atoms with van der Waals surface area (Å²) in [7, 11) is 2.54. The van der Waals surface area contributed by atoms with Crippen molar-refractivity contribution in [3.05, 3.63) is 78.9 Å². The van der Waals surface area contributed by atoms with Gasteiger partial charge in [0.15, 0.2) is 23.1 Å². The number of aromatic nitrogens is 2. The van der Waals surface area contributed by atoms with Gasteiger partial charge >= 0.3 is 11.9 Å². The summed E-state index contributed by atoms with van der Waals surface area (Å²) < 4.78 is 45.0. The summed E-state index contributed by atoms with van der Waals surface area (Å²) in [6.07, 6.45) is 5.06. The molecule has 0 atom stereocenters. The van der Waals surface area contributed by atoms with Crippen LogP contribution in [-0.2, 0) is 4.74 Å². The number of rotatable bonds is 6. The molecule has 0 saturated heterocycles. The van der Waals surface area contributed by atoms with Crippen LogP contribution < -0.4 is 20.3 Å². The Morgan fingerprint density at radius 2 is 1.13 bits per heavy atom. The van der Waals surface area contributed by atoms with Gasteiger partial charge in [-0.3, -0.25) is 9.59 Å². The summed E-state index contributed by atoms with van der Waals surface area (Å²) in [5.41, 5.74) is -1.85. The Hall–Kier alpha value is -4.54. The first-order valence-electron chi connectivity index (χ1n) is 12.3. The van der Waals surface area contributed by atoms with Crippen LogP contribution in [0, 0.1) is 11.6 Å². The Balaban J connectivity index is 1.37. The van der Waals surface area contributed by atoms with E-state index >= 15 is 0 Å². The number of methoxy groups -OCH3 is 2. The third kappa shape index (κ3) is 3.96. The van der Waals surface area contributed by atoms with E-state index in [1.807, 2.05) is 0 Å². The fourth-order valence-corrected chi connectivity index (χ4v) is 4.93. The molecule has 200 valence electrons. The Labute approximate surface area is 218 Å². The molecule has 0 unspecified atom stereocenters. The molecule has 2 fully saturated rings. The third-order valence-corrected chi connectivity index (χ3v) is 7.27. The number of halogens is 2. The van der Waals surface area contributed by atoms with Crippen molar-refractivity contribution < 1.29 is 32.6 Å². The van der Waals surface area contributed by atoms with Gasteiger partial charge in [-0.15, -0.1) is 0 Å². The van der Waals surface area contributed by atoms with Crippen molar-refractivity contribution >= 4 is 33.7 Å². The first kappa shape index (κ1) is 24.8. The van der Waals surface area contributed by atoms with E-state index in [0.717, 1.165) is 38.1 Å². The van der Waals surface area contributed by atoms with Crippen LogP contribution in [0.25, 0.3) is 21.8 Å². The van der Waals surface area contributed by atoms with Crippen molar-refractivity contribution in [2.75, 3.05) is 14.2 Å². The van der Waals surface area contributed by atoms with Crippen molar-refractivity contribution in [2.24, 2.45) is 0 Å². The van der Waals surface area contributed by atoms with E-state index in [2.05, 4.69) is 9.97 Å². The number of H-pyrrole nitrogens is 2. The molecule has 39 heavy (non-hydrogen) atoms. The van der Waals surface area contributed by atoms with Crippen LogP contribution in [0.2, 0.25) is 0 Å². The van der Waals surface area contributed by atoms with E-state index in [4.69, 9.17) is 14.2 Å². The van der Waals surface area contributed by atoms with Gasteiger partial charge < -0.3 is 24.2 Å². The number of pyridine rings is 2. The van der Waals surface area contributed by atoms with Gasteiger partial charge in [-0.1, -0.05) is 0 Å². The molecule has 2 aliphatic carbocycles. The van der Waals surface area contributed by atoms with Gasteiger partial charge in [-0.2, -0.15) is 0 Å². The minimum absolute atomic E-state index is 0.00216. The summed E-state index contributed by atoms with van der Waals surface area (Å²) in [5.74, 6) is -4.15. The lowest BCUT2D eigenvalue weighted by Gasteiger charge is -2.12. The van der Waals surface area contributed by atoms with E-state index in [0.29, 0.717) is 11.1 Å². The molecule has 11 heteroatoms. The van der Waals surface area contributed by atoms with Gasteiger partial charge in [-0.25, -0.2) is 18.4 Å². The molecule has 2 saturated carbocycles. The molecule has 2 aromatic carbocycles. The fourth-order valence-electron chi connectivity index (χ4n) is 4.93. The van der Waals surface area contributed by atoms with Gasteiger partial charge in [0.2, 0.25) is 10.9 Å². The molecule has 2 heterocycles. The molecule has 2 aromatic heterocycles. The minimum Gasteiger partial charge on any atom is -0.492 e. The first-order valence-corrected chi connectivity index (χ1v) is 12.3. The van der Waals surface area contributed by atoms with Gasteiger partial charge in [0, 0.05) is 12.4 Å². The third-order valence-electron chi connectivity index (χ3n) is 7.27. The maximum atomic E-state index is 14.9. The van der Waals surface area contributed by atoms with E-state index < -0.39 is 45.6 Å². The van der Waals surface area contributed by atoms with E-state index in [9.17, 15) is 28.0 Å². The number of ether oxygens (including phenoxy) is 3. The maximum absolute atomic E-state index is 14.9. The second-order valence-electron chi connectivity index (χ2n) is 9.76. The number of hydrogen-bond donors (Lipinski definition) is 2. The molecule has 9 nitrogen and oxygen atoms in total. The SMILES string of the molecule is COc1c(F)c(C2CC2)cc2c(=O)c(C(=O)OC(=O)c3c[nH]c4c(OC)c(F)c(C5CC5)cc4c3=O)c[nH]c12. The highest BCUT2D eigenvalue weighted by Crippen LogP contribution is 2.45. The fraction of sp³-hybridized carbons (Fsp3) is 0.286. The molecule has 0 amide bonds. The topological polar surface area (TPSA) is 128 Å². The zero-order chi connectivity index (χ0) is 27.6. The van der Waals surface area contributed by atoms with Gasteiger partial charge in [0.1, 0.15) is 11.1 Å². The zero-order valence-corrected chi connectivity index (χ0v) is 20.9. The Morgan fingerprint density at radius 1 is 0.744 bits per heavy atom. The molecule has 0 bridgehead atoms. The summed E-state index contributed by atoms with van der Waals surface area (Å²) in [6, 6.07) is 2.75. The quantitative estimate of drug-likeness (QED) is 0.276. The molecule has 2 aliphatic rings. The van der Waals surface area contributed by atoms with Crippen molar-refractivity contribution in [3.63, 3.8) is 0 Å². The second kappa shape index (κ2) is 9.04. The monoisotopic (exact) mass is 536 g/mol. The highest BCUT2D eigenvalue weighted by molar-refractivity contribution is 6.05. The molecule has 0 radical (unpaired) electrons. The maximum Gasteiger partial charge on any atom is 0.351 e. The average Bonchev–Trinajstić information content (AvgIpc) is 3.83. The van der Waals surface area contributed by atoms with Crippen LogP contribution >= 0.6 is 0 Å². The van der Waals surface area contributed by atoms with Crippen LogP contribution in [0.5, 0.6) is 11.5 Å². The first-order chi connectivity index (χ1) is 18.7. The van der Waals surface area contributed by atoms with Crippen molar-refractivity contribution in [1.29, 1.82) is 0 Å². The number of aromatic amines is 2. The number of carbonyl (C=O) groups excluding carboxylic acids is 2. The second-order valence-corrected chi connectivity index (χ2v) is 9.76. The molecular formula is C28H22F2N2O7. The number of fused-ring (bicyclic) bond motifs is 2. The smallest absolute Gasteiger partial charge is 0.351 e.